The Morgan fingerprint density at radius 3 is 2.50 bits per heavy atom. The Kier molecular flexibility index (Phi) is 3.30. The number of allylic oxidation sites excluding steroid dienone is 2. The van der Waals surface area contributed by atoms with Crippen molar-refractivity contribution in [1.82, 2.24) is 4.40 Å². The van der Waals surface area contributed by atoms with E-state index in [-0.39, 0.29) is 6.04 Å². The van der Waals surface area contributed by atoms with E-state index in [1.807, 2.05) is 12.1 Å². The Bertz CT molecular complexity index is 2120. The standard InChI is InChI=1S/C32H19N3O/c1-2-7-18(8-3-1)19-13-14-23-24(17-19)34-32-30(33-23)22-11-6-10-21-28-25(35(32)31(21)22)15-16-27-29(28)20-9-4-5-12-26(20)36-27/h1-17,24,34H. The highest BCUT2D eigenvalue weighted by atomic mass is 16.3. The number of fused-ring (bicyclic) bond motifs is 11. The van der Waals surface area contributed by atoms with Gasteiger partial charge in [-0.25, -0.2) is 4.99 Å². The van der Waals surface area contributed by atoms with Gasteiger partial charge in [-0.1, -0.05) is 72.8 Å². The van der Waals surface area contributed by atoms with Gasteiger partial charge < -0.3 is 9.73 Å². The minimum atomic E-state index is 0.0178. The van der Waals surface area contributed by atoms with Gasteiger partial charge in [0.05, 0.1) is 22.8 Å². The molecule has 4 aromatic carbocycles. The average molecular weight is 462 g/mol. The molecular formula is C32H19N3O. The highest BCUT2D eigenvalue weighted by molar-refractivity contribution is 6.31. The van der Waals surface area contributed by atoms with E-state index >= 15 is 0 Å². The predicted molar refractivity (Wildman–Crippen MR) is 149 cm³/mol. The molecule has 4 nitrogen and oxygen atoms in total. The van der Waals surface area contributed by atoms with Crippen molar-refractivity contribution in [2.75, 3.05) is 5.32 Å². The lowest BCUT2D eigenvalue weighted by Crippen LogP contribution is -2.31. The molecule has 4 heteroatoms. The van der Waals surface area contributed by atoms with Crippen molar-refractivity contribution in [3.05, 3.63) is 109 Å². The highest BCUT2D eigenvalue weighted by Gasteiger charge is 2.30. The Morgan fingerprint density at radius 2 is 1.56 bits per heavy atom. The van der Waals surface area contributed by atoms with E-state index in [1.54, 1.807) is 0 Å². The molecule has 1 atom stereocenters. The summed E-state index contributed by atoms with van der Waals surface area (Å²) in [5, 5.41) is 9.82. The maximum atomic E-state index is 6.22. The molecule has 0 radical (unpaired) electrons. The summed E-state index contributed by atoms with van der Waals surface area (Å²) in [7, 11) is 0. The summed E-state index contributed by atoms with van der Waals surface area (Å²) in [6.07, 6.45) is 6.60. The second-order valence-electron chi connectivity index (χ2n) is 9.65. The second kappa shape index (κ2) is 6.43. The molecule has 168 valence electrons. The van der Waals surface area contributed by atoms with Gasteiger partial charge in [-0.05, 0) is 41.5 Å². The lowest BCUT2D eigenvalue weighted by molar-refractivity contribution is 0.669. The van der Waals surface area contributed by atoms with Crippen molar-refractivity contribution in [3.8, 4) is 0 Å². The fourth-order valence-corrected chi connectivity index (χ4v) is 6.20. The lowest BCUT2D eigenvalue weighted by atomic mass is 9.94. The van der Waals surface area contributed by atoms with Gasteiger partial charge in [0.15, 0.2) is 0 Å². The van der Waals surface area contributed by atoms with E-state index in [9.17, 15) is 0 Å². The number of hydrogen-bond acceptors (Lipinski definition) is 3. The summed E-state index contributed by atoms with van der Waals surface area (Å²) in [5.41, 5.74) is 8.71. The van der Waals surface area contributed by atoms with Crippen LogP contribution in [0.25, 0.3) is 54.7 Å². The summed E-state index contributed by atoms with van der Waals surface area (Å²) in [6.45, 7) is 0. The van der Waals surface area contributed by atoms with Crippen LogP contribution in [0.4, 0.5) is 11.5 Å². The topological polar surface area (TPSA) is 41.9 Å². The van der Waals surface area contributed by atoms with Crippen molar-refractivity contribution in [1.29, 1.82) is 0 Å². The SMILES string of the molecule is C1=CC2=Nc3c(n4c5ccc6oc7ccccc7c6c5c5cccc3c54)NC2C=C1c1ccccc1. The molecule has 0 saturated heterocycles. The first kappa shape index (κ1) is 18.5. The van der Waals surface area contributed by atoms with Crippen LogP contribution in [0, 0.1) is 0 Å². The number of benzene rings is 4. The molecule has 1 unspecified atom stereocenters. The van der Waals surface area contributed by atoms with Gasteiger partial charge >= 0.3 is 0 Å². The van der Waals surface area contributed by atoms with Crippen LogP contribution < -0.4 is 5.32 Å². The number of nitrogens with zero attached hydrogens (tertiary/aromatic N) is 2. The van der Waals surface area contributed by atoms with Gasteiger partial charge in [0.2, 0.25) is 0 Å². The van der Waals surface area contributed by atoms with Gasteiger partial charge in [-0.3, -0.25) is 4.40 Å². The van der Waals surface area contributed by atoms with Crippen LogP contribution in [0.2, 0.25) is 0 Å². The fraction of sp³-hybridized carbons (Fsp3) is 0.0312. The molecule has 3 aromatic heterocycles. The molecule has 36 heavy (non-hydrogen) atoms. The number of furan rings is 1. The number of aromatic nitrogens is 1. The van der Waals surface area contributed by atoms with Crippen LogP contribution in [0.3, 0.4) is 0 Å². The molecule has 4 heterocycles. The number of anilines is 1. The molecule has 7 aromatic rings. The van der Waals surface area contributed by atoms with Crippen LogP contribution in [0.5, 0.6) is 0 Å². The summed E-state index contributed by atoms with van der Waals surface area (Å²) in [4.78, 5) is 5.18. The van der Waals surface area contributed by atoms with Gasteiger partial charge in [0.1, 0.15) is 22.7 Å². The Morgan fingerprint density at radius 1 is 0.722 bits per heavy atom. The number of hydrogen-bond donors (Lipinski definition) is 1. The Hall–Kier alpha value is -4.83. The zero-order valence-corrected chi connectivity index (χ0v) is 19.2. The monoisotopic (exact) mass is 461 g/mol. The molecule has 1 aliphatic heterocycles. The molecule has 0 spiro atoms. The molecular weight excluding hydrogens is 442 g/mol. The first-order valence-electron chi connectivity index (χ1n) is 12.3. The molecule has 0 fully saturated rings. The van der Waals surface area contributed by atoms with E-state index in [2.05, 4.69) is 101 Å². The number of nitrogens with one attached hydrogen (secondary N) is 1. The third kappa shape index (κ3) is 2.22. The fourth-order valence-electron chi connectivity index (χ4n) is 6.20. The third-order valence-corrected chi connectivity index (χ3v) is 7.73. The van der Waals surface area contributed by atoms with Crippen molar-refractivity contribution >= 4 is 71.9 Å². The minimum Gasteiger partial charge on any atom is -0.456 e. The molecule has 1 aliphatic carbocycles. The summed E-state index contributed by atoms with van der Waals surface area (Å²) in [6, 6.07) is 29.7. The largest absolute Gasteiger partial charge is 0.456 e. The Balaban J connectivity index is 1.35. The summed E-state index contributed by atoms with van der Waals surface area (Å²) < 4.78 is 8.59. The number of aliphatic imine (C=N–C) groups is 1. The van der Waals surface area contributed by atoms with E-state index in [1.165, 1.54) is 43.7 Å². The molecule has 9 rings (SSSR count). The highest BCUT2D eigenvalue weighted by Crippen LogP contribution is 2.49. The normalized spacial score (nSPS) is 17.1. The summed E-state index contributed by atoms with van der Waals surface area (Å²) in [5.74, 6) is 1.05. The van der Waals surface area contributed by atoms with E-state index in [0.29, 0.717) is 0 Å². The van der Waals surface area contributed by atoms with E-state index in [4.69, 9.17) is 9.41 Å². The first-order valence-corrected chi connectivity index (χ1v) is 12.3. The van der Waals surface area contributed by atoms with Crippen molar-refractivity contribution in [3.63, 3.8) is 0 Å². The van der Waals surface area contributed by atoms with Gasteiger partial charge in [-0.15, -0.1) is 0 Å². The molecule has 0 amide bonds. The van der Waals surface area contributed by atoms with Crippen LogP contribution in [-0.2, 0) is 0 Å². The van der Waals surface area contributed by atoms with Gasteiger partial charge in [-0.2, -0.15) is 0 Å². The average Bonchev–Trinajstić information content (AvgIpc) is 3.58. The van der Waals surface area contributed by atoms with Crippen LogP contribution >= 0.6 is 0 Å². The van der Waals surface area contributed by atoms with Crippen molar-refractivity contribution in [2.45, 2.75) is 6.04 Å². The lowest BCUT2D eigenvalue weighted by Gasteiger charge is -2.25. The molecule has 1 N–H and O–H groups in total. The molecule has 0 bridgehead atoms. The molecule has 0 saturated carbocycles. The first-order chi connectivity index (χ1) is 17.8. The van der Waals surface area contributed by atoms with Crippen LogP contribution in [0.1, 0.15) is 5.56 Å². The van der Waals surface area contributed by atoms with Crippen molar-refractivity contribution in [2.24, 2.45) is 4.99 Å². The number of rotatable bonds is 1. The maximum Gasteiger partial charge on any atom is 0.138 e. The van der Waals surface area contributed by atoms with Crippen LogP contribution in [0.15, 0.2) is 113 Å². The third-order valence-electron chi connectivity index (χ3n) is 7.73. The quantitative estimate of drug-likeness (QED) is 0.268. The van der Waals surface area contributed by atoms with E-state index < -0.39 is 0 Å². The zero-order chi connectivity index (χ0) is 23.4. The maximum absolute atomic E-state index is 6.22. The van der Waals surface area contributed by atoms with Gasteiger partial charge in [0, 0.05) is 26.9 Å². The smallest absolute Gasteiger partial charge is 0.138 e. The number of para-hydroxylation sites is 2. The Labute approximate surface area is 205 Å². The van der Waals surface area contributed by atoms with E-state index in [0.717, 1.165) is 33.8 Å². The van der Waals surface area contributed by atoms with Crippen LogP contribution in [-0.4, -0.2) is 16.2 Å². The zero-order valence-electron chi connectivity index (χ0n) is 19.2. The second-order valence-corrected chi connectivity index (χ2v) is 9.65. The van der Waals surface area contributed by atoms with Gasteiger partial charge in [0.25, 0.3) is 0 Å². The molecule has 2 aliphatic rings. The van der Waals surface area contributed by atoms with Crippen molar-refractivity contribution < 1.29 is 4.42 Å². The minimum absolute atomic E-state index is 0.0178. The predicted octanol–water partition coefficient (Wildman–Crippen LogP) is 8.10. The summed E-state index contributed by atoms with van der Waals surface area (Å²) >= 11 is 0.